The van der Waals surface area contributed by atoms with Crippen molar-refractivity contribution in [1.29, 1.82) is 0 Å². The predicted molar refractivity (Wildman–Crippen MR) is 38.2 cm³/mol. The number of aliphatic carboxylic acids is 1. The number of nitrogens with two attached hydrogens (primary N) is 1. The number of esters is 1. The number of rotatable bonds is 5. The van der Waals surface area contributed by atoms with Crippen molar-refractivity contribution in [3.63, 3.8) is 0 Å². The van der Waals surface area contributed by atoms with Crippen LogP contribution in [0.1, 0.15) is 6.92 Å². The van der Waals surface area contributed by atoms with Gasteiger partial charge in [-0.3, -0.25) is 4.79 Å². The van der Waals surface area contributed by atoms with Gasteiger partial charge >= 0.3 is 18.2 Å². The molecule has 1 atom stereocenters. The minimum atomic E-state index is -1.55. The van der Waals surface area contributed by atoms with Crippen LogP contribution >= 0.6 is 0 Å². The molecule has 6 heteroatoms. The van der Waals surface area contributed by atoms with E-state index in [1.54, 1.807) is 6.92 Å². The van der Waals surface area contributed by atoms with Gasteiger partial charge in [0.15, 0.2) is 0 Å². The molecule has 0 aliphatic heterocycles. The molecule has 70 valence electrons. The fraction of sp³-hybridized carbons (Fsp3) is 0.667. The maximum atomic E-state index is 10.5. The lowest BCUT2D eigenvalue weighted by Crippen LogP contribution is -2.32. The molecule has 0 bridgehead atoms. The highest BCUT2D eigenvalue weighted by atomic mass is 16.7. The summed E-state index contributed by atoms with van der Waals surface area (Å²) in [6.45, 7) is 1.37. The summed E-state index contributed by atoms with van der Waals surface area (Å²) >= 11 is 0. The van der Waals surface area contributed by atoms with Gasteiger partial charge in [0.2, 0.25) is 0 Å². The topological polar surface area (TPSA) is 98.9 Å². The molecule has 0 fully saturated rings. The fourth-order valence-corrected chi connectivity index (χ4v) is 0.475. The summed E-state index contributed by atoms with van der Waals surface area (Å²) in [6.07, 6.45) is -1.55. The first-order chi connectivity index (χ1) is 5.61. The zero-order valence-corrected chi connectivity index (χ0v) is 6.65. The average Bonchev–Trinajstić information content (AvgIpc) is 2.03. The van der Waals surface area contributed by atoms with Crippen LogP contribution in [-0.2, 0) is 19.1 Å². The largest absolute Gasteiger partial charge is 0.477 e. The van der Waals surface area contributed by atoms with E-state index >= 15 is 0 Å². The van der Waals surface area contributed by atoms with Gasteiger partial charge in [0.25, 0.3) is 0 Å². The quantitative estimate of drug-likeness (QED) is 0.410. The molecule has 1 unspecified atom stereocenters. The maximum absolute atomic E-state index is 10.5. The van der Waals surface area contributed by atoms with Gasteiger partial charge in [0.1, 0.15) is 0 Å². The average molecular weight is 177 g/mol. The summed E-state index contributed by atoms with van der Waals surface area (Å²) in [5.74, 6) is -2.16. The minimum absolute atomic E-state index is 0.148. The first kappa shape index (κ1) is 10.9. The first-order valence-corrected chi connectivity index (χ1v) is 3.35. The van der Waals surface area contributed by atoms with Crippen LogP contribution in [0.3, 0.4) is 0 Å². The first-order valence-electron chi connectivity index (χ1n) is 3.35. The van der Waals surface area contributed by atoms with Gasteiger partial charge < -0.3 is 20.3 Å². The van der Waals surface area contributed by atoms with Crippen LogP contribution in [0.5, 0.6) is 0 Å². The standard InChI is InChI=1S/C6H11NO5/c1-2-11-6(5(9)10)12-4(8)3-7/h6H,2-3,7H2,1H3,(H,9,10). The van der Waals surface area contributed by atoms with E-state index in [0.717, 1.165) is 0 Å². The lowest BCUT2D eigenvalue weighted by atomic mass is 10.6. The molecular formula is C6H11NO5. The second-order valence-electron chi connectivity index (χ2n) is 1.82. The van der Waals surface area contributed by atoms with Gasteiger partial charge in [0, 0.05) is 6.61 Å². The van der Waals surface area contributed by atoms with E-state index in [9.17, 15) is 9.59 Å². The Morgan fingerprint density at radius 2 is 2.17 bits per heavy atom. The van der Waals surface area contributed by atoms with Crippen molar-refractivity contribution >= 4 is 11.9 Å². The fourth-order valence-electron chi connectivity index (χ4n) is 0.475. The summed E-state index contributed by atoms with van der Waals surface area (Å²) in [5.41, 5.74) is 4.89. The van der Waals surface area contributed by atoms with Crippen molar-refractivity contribution in [3.05, 3.63) is 0 Å². The van der Waals surface area contributed by atoms with E-state index in [2.05, 4.69) is 9.47 Å². The monoisotopic (exact) mass is 177 g/mol. The summed E-state index contributed by atoms with van der Waals surface area (Å²) in [5, 5.41) is 8.41. The van der Waals surface area contributed by atoms with Crippen LogP contribution in [0, 0.1) is 0 Å². The van der Waals surface area contributed by atoms with E-state index in [1.807, 2.05) is 0 Å². The Morgan fingerprint density at radius 1 is 1.58 bits per heavy atom. The minimum Gasteiger partial charge on any atom is -0.477 e. The van der Waals surface area contributed by atoms with Crippen molar-refractivity contribution < 1.29 is 24.2 Å². The highest BCUT2D eigenvalue weighted by molar-refractivity contribution is 5.77. The number of ether oxygens (including phenoxy) is 2. The summed E-state index contributed by atoms with van der Waals surface area (Å²) in [4.78, 5) is 20.8. The third-order valence-corrected chi connectivity index (χ3v) is 0.925. The van der Waals surface area contributed by atoms with Crippen molar-refractivity contribution in [2.45, 2.75) is 13.2 Å². The normalized spacial score (nSPS) is 12.2. The zero-order valence-electron chi connectivity index (χ0n) is 6.65. The van der Waals surface area contributed by atoms with Gasteiger partial charge in [-0.1, -0.05) is 0 Å². The molecule has 12 heavy (non-hydrogen) atoms. The Bertz CT molecular complexity index is 167. The third-order valence-electron chi connectivity index (χ3n) is 0.925. The number of hydrogen-bond donors (Lipinski definition) is 2. The molecule has 0 amide bonds. The molecule has 0 aromatic carbocycles. The predicted octanol–water partition coefficient (Wildman–Crippen LogP) is -1.06. The molecule has 0 aromatic heterocycles. The highest BCUT2D eigenvalue weighted by Crippen LogP contribution is 1.95. The Morgan fingerprint density at radius 3 is 2.50 bits per heavy atom. The van der Waals surface area contributed by atoms with Gasteiger partial charge in [-0.25, -0.2) is 4.79 Å². The molecule has 0 radical (unpaired) electrons. The Hall–Kier alpha value is -1.14. The lowest BCUT2D eigenvalue weighted by Gasteiger charge is -2.11. The van der Waals surface area contributed by atoms with Gasteiger partial charge in [-0.15, -0.1) is 0 Å². The van der Waals surface area contributed by atoms with E-state index in [0.29, 0.717) is 0 Å². The van der Waals surface area contributed by atoms with Crippen molar-refractivity contribution in [2.24, 2.45) is 5.73 Å². The van der Waals surface area contributed by atoms with Crippen LogP contribution < -0.4 is 5.73 Å². The van der Waals surface area contributed by atoms with Gasteiger partial charge in [0.05, 0.1) is 6.54 Å². The number of carboxylic acid groups (broad SMARTS) is 1. The van der Waals surface area contributed by atoms with Crippen LogP contribution in [0.25, 0.3) is 0 Å². The van der Waals surface area contributed by atoms with E-state index in [-0.39, 0.29) is 13.2 Å². The summed E-state index contributed by atoms with van der Waals surface area (Å²) < 4.78 is 8.89. The van der Waals surface area contributed by atoms with Gasteiger partial charge in [-0.05, 0) is 6.92 Å². The maximum Gasteiger partial charge on any atom is 0.374 e. The van der Waals surface area contributed by atoms with E-state index in [4.69, 9.17) is 10.8 Å². The molecule has 6 nitrogen and oxygen atoms in total. The second-order valence-corrected chi connectivity index (χ2v) is 1.82. The molecule has 0 spiro atoms. The molecule has 0 saturated heterocycles. The van der Waals surface area contributed by atoms with Crippen LogP contribution in [0.15, 0.2) is 0 Å². The molecule has 0 heterocycles. The molecule has 0 aliphatic carbocycles. The third kappa shape index (κ3) is 3.89. The number of carboxylic acids is 1. The van der Waals surface area contributed by atoms with Crippen molar-refractivity contribution in [3.8, 4) is 0 Å². The van der Waals surface area contributed by atoms with E-state index < -0.39 is 18.2 Å². The lowest BCUT2D eigenvalue weighted by molar-refractivity contribution is -0.195. The number of hydrogen-bond acceptors (Lipinski definition) is 5. The summed E-state index contributed by atoms with van der Waals surface area (Å²) in [6, 6.07) is 0. The van der Waals surface area contributed by atoms with Crippen LogP contribution in [-0.4, -0.2) is 36.5 Å². The molecule has 0 rings (SSSR count). The number of carbonyl (C=O) groups excluding carboxylic acids is 1. The second kappa shape index (κ2) is 5.50. The van der Waals surface area contributed by atoms with Crippen LogP contribution in [0.2, 0.25) is 0 Å². The van der Waals surface area contributed by atoms with Crippen molar-refractivity contribution in [1.82, 2.24) is 0 Å². The smallest absolute Gasteiger partial charge is 0.374 e. The zero-order chi connectivity index (χ0) is 9.56. The van der Waals surface area contributed by atoms with Crippen molar-refractivity contribution in [2.75, 3.05) is 13.2 Å². The molecule has 0 aromatic rings. The van der Waals surface area contributed by atoms with E-state index in [1.165, 1.54) is 0 Å². The molecule has 0 aliphatic rings. The molecule has 3 N–H and O–H groups in total. The summed E-state index contributed by atoms with van der Waals surface area (Å²) in [7, 11) is 0. The Balaban J connectivity index is 3.95. The SMILES string of the molecule is CCOC(OC(=O)CN)C(=O)O. The molecule has 0 saturated carbocycles. The van der Waals surface area contributed by atoms with Gasteiger partial charge in [-0.2, -0.15) is 0 Å². The Labute approximate surface area is 69.2 Å². The van der Waals surface area contributed by atoms with Crippen LogP contribution in [0.4, 0.5) is 0 Å². The number of carbonyl (C=O) groups is 2. The molecular weight excluding hydrogens is 166 g/mol. The highest BCUT2D eigenvalue weighted by Gasteiger charge is 2.21. The Kier molecular flexibility index (Phi) is 4.98.